The number of carbonyl (C=O) groups is 1. The van der Waals surface area contributed by atoms with Crippen LogP contribution in [0.2, 0.25) is 0 Å². The number of furan rings is 1. The number of nitrogens with zero attached hydrogens (tertiary/aromatic N) is 4. The molecule has 0 saturated heterocycles. The van der Waals surface area contributed by atoms with Crippen LogP contribution in [0.3, 0.4) is 0 Å². The molecule has 7 heteroatoms. The molecule has 0 fully saturated rings. The largest absolute Gasteiger partial charge is 0.480 e. The van der Waals surface area contributed by atoms with Crippen molar-refractivity contribution in [2.75, 3.05) is 0 Å². The summed E-state index contributed by atoms with van der Waals surface area (Å²) in [5.41, 5.74) is 0. The summed E-state index contributed by atoms with van der Waals surface area (Å²) in [6.45, 7) is -0.312. The Morgan fingerprint density at radius 3 is 3.14 bits per heavy atom. The average Bonchev–Trinajstić information content (AvgIpc) is 2.69. The minimum Gasteiger partial charge on any atom is -0.480 e. The Morgan fingerprint density at radius 1 is 1.64 bits per heavy atom. The highest BCUT2D eigenvalue weighted by molar-refractivity contribution is 5.66. The van der Waals surface area contributed by atoms with Crippen LogP contribution in [-0.2, 0) is 11.3 Å². The normalized spacial score (nSPS) is 10.3. The summed E-state index contributed by atoms with van der Waals surface area (Å²) in [6, 6.07) is 3.36. The summed E-state index contributed by atoms with van der Waals surface area (Å²) in [5.74, 6) is -0.286. The average molecular weight is 194 g/mol. The van der Waals surface area contributed by atoms with E-state index in [1.165, 1.54) is 6.26 Å². The van der Waals surface area contributed by atoms with Crippen LogP contribution in [0, 0.1) is 0 Å². The molecule has 0 aliphatic heterocycles. The molecular weight excluding hydrogens is 188 g/mol. The molecular formula is C7H6N4O3. The standard InChI is InChI=1S/C7H6N4O3/c12-6(13)4-11-9-7(8-10-11)5-2-1-3-14-5/h1-3H,4H2,(H,12,13). The molecule has 2 aromatic heterocycles. The molecule has 1 N–H and O–H groups in total. The molecule has 0 amide bonds. The highest BCUT2D eigenvalue weighted by atomic mass is 16.4. The molecule has 14 heavy (non-hydrogen) atoms. The van der Waals surface area contributed by atoms with E-state index in [0.29, 0.717) is 5.76 Å². The van der Waals surface area contributed by atoms with E-state index < -0.39 is 5.97 Å². The zero-order valence-electron chi connectivity index (χ0n) is 6.99. The Labute approximate surface area is 78.0 Å². The number of aromatic nitrogens is 4. The third-order valence-corrected chi connectivity index (χ3v) is 1.47. The smallest absolute Gasteiger partial charge is 0.327 e. The molecule has 7 nitrogen and oxygen atoms in total. The second-order valence-corrected chi connectivity index (χ2v) is 2.51. The number of carboxylic acids is 1. The topological polar surface area (TPSA) is 94.0 Å². The molecule has 0 spiro atoms. The summed E-state index contributed by atoms with van der Waals surface area (Å²) in [6.07, 6.45) is 1.48. The van der Waals surface area contributed by atoms with Gasteiger partial charge in [0.2, 0.25) is 5.82 Å². The van der Waals surface area contributed by atoms with Crippen LogP contribution in [0.4, 0.5) is 0 Å². The molecule has 0 saturated carbocycles. The molecule has 2 rings (SSSR count). The van der Waals surface area contributed by atoms with Crippen molar-refractivity contribution in [3.63, 3.8) is 0 Å². The van der Waals surface area contributed by atoms with Gasteiger partial charge in [-0.1, -0.05) is 0 Å². The van der Waals surface area contributed by atoms with Crippen molar-refractivity contribution in [2.24, 2.45) is 0 Å². The van der Waals surface area contributed by atoms with Crippen LogP contribution < -0.4 is 0 Å². The number of hydrogen-bond acceptors (Lipinski definition) is 5. The Hall–Kier alpha value is -2.18. The van der Waals surface area contributed by atoms with Crippen LogP contribution in [-0.4, -0.2) is 31.3 Å². The van der Waals surface area contributed by atoms with E-state index in [2.05, 4.69) is 15.4 Å². The number of hydrogen-bond donors (Lipinski definition) is 1. The van der Waals surface area contributed by atoms with Gasteiger partial charge in [0, 0.05) is 0 Å². The molecule has 0 unspecified atom stereocenters. The number of rotatable bonds is 3. The molecule has 0 atom stereocenters. The van der Waals surface area contributed by atoms with Crippen LogP contribution >= 0.6 is 0 Å². The summed E-state index contributed by atoms with van der Waals surface area (Å²) in [5, 5.41) is 19.5. The number of carboxylic acid groups (broad SMARTS) is 1. The van der Waals surface area contributed by atoms with Crippen LogP contribution in [0.15, 0.2) is 22.8 Å². The van der Waals surface area contributed by atoms with Crippen molar-refractivity contribution in [1.82, 2.24) is 20.2 Å². The van der Waals surface area contributed by atoms with Crippen molar-refractivity contribution < 1.29 is 14.3 Å². The molecule has 0 aromatic carbocycles. The molecule has 0 aliphatic carbocycles. The van der Waals surface area contributed by atoms with Gasteiger partial charge in [0.1, 0.15) is 0 Å². The van der Waals surface area contributed by atoms with Gasteiger partial charge in [0.05, 0.1) is 6.26 Å². The van der Waals surface area contributed by atoms with Gasteiger partial charge in [-0.25, -0.2) is 0 Å². The van der Waals surface area contributed by atoms with Gasteiger partial charge < -0.3 is 9.52 Å². The molecule has 0 bridgehead atoms. The molecule has 0 aliphatic rings. The van der Waals surface area contributed by atoms with Gasteiger partial charge in [0.15, 0.2) is 12.3 Å². The minimum absolute atomic E-state index is 0.274. The van der Waals surface area contributed by atoms with Crippen LogP contribution in [0.25, 0.3) is 11.6 Å². The van der Waals surface area contributed by atoms with E-state index in [1.54, 1.807) is 12.1 Å². The Morgan fingerprint density at radius 2 is 2.50 bits per heavy atom. The van der Waals surface area contributed by atoms with E-state index in [9.17, 15) is 4.79 Å². The lowest BCUT2D eigenvalue weighted by Gasteiger charge is -1.89. The molecule has 0 radical (unpaired) electrons. The SMILES string of the molecule is O=C(O)Cn1nnc(-c2ccco2)n1. The lowest BCUT2D eigenvalue weighted by atomic mass is 10.4. The summed E-state index contributed by atoms with van der Waals surface area (Å²) in [7, 11) is 0. The lowest BCUT2D eigenvalue weighted by Crippen LogP contribution is -2.11. The first-order valence-corrected chi connectivity index (χ1v) is 3.79. The molecule has 2 aromatic rings. The van der Waals surface area contributed by atoms with Gasteiger partial charge in [0.25, 0.3) is 0 Å². The fraction of sp³-hybridized carbons (Fsp3) is 0.143. The van der Waals surface area contributed by atoms with Crippen molar-refractivity contribution in [3.8, 4) is 11.6 Å². The van der Waals surface area contributed by atoms with Gasteiger partial charge in [-0.15, -0.1) is 10.2 Å². The zero-order chi connectivity index (χ0) is 9.97. The van der Waals surface area contributed by atoms with Crippen molar-refractivity contribution in [1.29, 1.82) is 0 Å². The quantitative estimate of drug-likeness (QED) is 0.740. The van der Waals surface area contributed by atoms with Gasteiger partial charge >= 0.3 is 5.97 Å². The van der Waals surface area contributed by atoms with Gasteiger partial charge in [-0.3, -0.25) is 4.79 Å². The third kappa shape index (κ3) is 1.60. The van der Waals surface area contributed by atoms with E-state index >= 15 is 0 Å². The first-order valence-electron chi connectivity index (χ1n) is 3.79. The maximum Gasteiger partial charge on any atom is 0.327 e. The third-order valence-electron chi connectivity index (χ3n) is 1.47. The monoisotopic (exact) mass is 194 g/mol. The molecule has 2 heterocycles. The van der Waals surface area contributed by atoms with E-state index in [0.717, 1.165) is 4.80 Å². The van der Waals surface area contributed by atoms with E-state index in [1.807, 2.05) is 0 Å². The summed E-state index contributed by atoms with van der Waals surface area (Å²) >= 11 is 0. The van der Waals surface area contributed by atoms with E-state index in [4.69, 9.17) is 9.52 Å². The maximum absolute atomic E-state index is 10.3. The predicted octanol–water partition coefficient (Wildman–Crippen LogP) is 0.0177. The summed E-state index contributed by atoms with van der Waals surface area (Å²) < 4.78 is 5.01. The van der Waals surface area contributed by atoms with Crippen LogP contribution in [0.1, 0.15) is 0 Å². The van der Waals surface area contributed by atoms with Gasteiger partial charge in [-0.2, -0.15) is 4.80 Å². The van der Waals surface area contributed by atoms with Crippen LogP contribution in [0.5, 0.6) is 0 Å². The van der Waals surface area contributed by atoms with Crippen molar-refractivity contribution in [3.05, 3.63) is 18.4 Å². The van der Waals surface area contributed by atoms with Crippen molar-refractivity contribution >= 4 is 5.97 Å². The number of aliphatic carboxylic acids is 1. The predicted molar refractivity (Wildman–Crippen MR) is 43.2 cm³/mol. The Bertz CT molecular complexity index is 433. The van der Waals surface area contributed by atoms with Gasteiger partial charge in [-0.05, 0) is 17.3 Å². The Balaban J connectivity index is 2.22. The summed E-state index contributed by atoms with van der Waals surface area (Å²) in [4.78, 5) is 11.3. The molecule has 72 valence electrons. The van der Waals surface area contributed by atoms with E-state index in [-0.39, 0.29) is 12.4 Å². The fourth-order valence-corrected chi connectivity index (χ4v) is 0.936. The van der Waals surface area contributed by atoms with Crippen molar-refractivity contribution in [2.45, 2.75) is 6.54 Å². The second-order valence-electron chi connectivity index (χ2n) is 2.51. The lowest BCUT2D eigenvalue weighted by molar-refractivity contribution is -0.138. The Kier molecular flexibility index (Phi) is 1.98. The number of tetrazole rings is 1. The zero-order valence-corrected chi connectivity index (χ0v) is 6.99. The second kappa shape index (κ2) is 3.29. The fourth-order valence-electron chi connectivity index (χ4n) is 0.936. The first kappa shape index (κ1) is 8.42. The highest BCUT2D eigenvalue weighted by Gasteiger charge is 2.09. The minimum atomic E-state index is -1.02. The highest BCUT2D eigenvalue weighted by Crippen LogP contribution is 2.12. The first-order chi connectivity index (χ1) is 6.75. The maximum atomic E-state index is 10.3.